The van der Waals surface area contributed by atoms with Crippen LogP contribution in [0.2, 0.25) is 0 Å². The van der Waals surface area contributed by atoms with Crippen molar-refractivity contribution in [2.45, 2.75) is 110 Å². The van der Waals surface area contributed by atoms with Gasteiger partial charge in [-0.3, -0.25) is 9.79 Å². The van der Waals surface area contributed by atoms with Gasteiger partial charge in [0, 0.05) is 30.7 Å². The van der Waals surface area contributed by atoms with Crippen molar-refractivity contribution in [1.29, 1.82) is 0 Å². The van der Waals surface area contributed by atoms with E-state index in [2.05, 4.69) is 87.7 Å². The van der Waals surface area contributed by atoms with E-state index in [0.29, 0.717) is 48.2 Å². The van der Waals surface area contributed by atoms with Crippen molar-refractivity contribution in [3.05, 3.63) is 94.2 Å². The van der Waals surface area contributed by atoms with Crippen LogP contribution in [-0.2, 0) is 17.6 Å². The van der Waals surface area contributed by atoms with Crippen molar-refractivity contribution in [3.63, 3.8) is 0 Å². The third-order valence-corrected chi connectivity index (χ3v) is 10.00. The molecule has 3 unspecified atom stereocenters. The third kappa shape index (κ3) is 6.76. The van der Waals surface area contributed by atoms with Gasteiger partial charge < -0.3 is 0 Å². The molecule has 1 aliphatic heterocycles. The zero-order chi connectivity index (χ0) is 27.9. The predicted molar refractivity (Wildman–Crippen MR) is 169 cm³/mol. The first-order valence-corrected chi connectivity index (χ1v) is 16.1. The maximum absolute atomic E-state index is 13.3. The summed E-state index contributed by atoms with van der Waals surface area (Å²) < 4.78 is 0. The third-order valence-electron chi connectivity index (χ3n) is 10.00. The Morgan fingerprint density at radius 2 is 1.70 bits per heavy atom. The summed E-state index contributed by atoms with van der Waals surface area (Å²) in [4.78, 5) is 18.4. The van der Waals surface area contributed by atoms with Gasteiger partial charge in [0.05, 0.1) is 0 Å². The number of carbonyl (C=O) groups excluding carboxylic acids is 1. The van der Waals surface area contributed by atoms with Crippen LogP contribution < -0.4 is 0 Å². The smallest absolute Gasteiger partial charge is 0.141 e. The highest BCUT2D eigenvalue weighted by Gasteiger charge is 2.31. The lowest BCUT2D eigenvalue weighted by Crippen LogP contribution is -2.19. The minimum atomic E-state index is 0.331. The number of aliphatic imine (C=N–C) groups is 1. The van der Waals surface area contributed by atoms with Gasteiger partial charge in [-0.05, 0) is 103 Å². The van der Waals surface area contributed by atoms with E-state index in [4.69, 9.17) is 4.99 Å². The van der Waals surface area contributed by atoms with Crippen molar-refractivity contribution in [1.82, 2.24) is 0 Å². The Bertz CT molecular complexity index is 1240. The summed E-state index contributed by atoms with van der Waals surface area (Å²) in [7, 11) is 0. The molecule has 5 rings (SSSR count). The quantitative estimate of drug-likeness (QED) is 0.314. The van der Waals surface area contributed by atoms with Crippen LogP contribution in [-0.4, -0.2) is 12.0 Å². The van der Waals surface area contributed by atoms with Crippen LogP contribution in [0.25, 0.3) is 0 Å². The van der Waals surface area contributed by atoms with Crippen molar-refractivity contribution in [2.75, 3.05) is 0 Å². The van der Waals surface area contributed by atoms with Crippen LogP contribution in [0.15, 0.2) is 76.9 Å². The second kappa shape index (κ2) is 13.7. The Balaban J connectivity index is 1.29. The largest absolute Gasteiger partial charge is 0.299 e. The molecule has 0 spiro atoms. The van der Waals surface area contributed by atoms with Crippen molar-refractivity contribution >= 4 is 12.0 Å². The molecular formula is C38H49NO. The van der Waals surface area contributed by atoms with Crippen LogP contribution in [0.3, 0.4) is 0 Å². The molecule has 40 heavy (non-hydrogen) atoms. The zero-order valence-corrected chi connectivity index (χ0v) is 25.1. The topological polar surface area (TPSA) is 29.4 Å². The van der Waals surface area contributed by atoms with E-state index in [1.54, 1.807) is 0 Å². The number of Topliss-reactive ketones (excluding diaryl/α,β-unsaturated/α-hetero) is 1. The van der Waals surface area contributed by atoms with Gasteiger partial charge in [0.2, 0.25) is 0 Å². The molecule has 212 valence electrons. The number of ketones is 1. The first-order chi connectivity index (χ1) is 19.6. The highest BCUT2D eigenvalue weighted by atomic mass is 16.1. The SMILES string of the molecule is C/C=C\C1=C(C2CCC[C@@H](c3cccc(CC(=O)Cc4ccccc4C4CCCC4)c3)C2)N=CCC(C)C1CC. The molecule has 2 saturated carbocycles. The maximum Gasteiger partial charge on any atom is 0.141 e. The van der Waals surface area contributed by atoms with Gasteiger partial charge in [-0.15, -0.1) is 0 Å². The van der Waals surface area contributed by atoms with Crippen LogP contribution in [0.1, 0.15) is 119 Å². The van der Waals surface area contributed by atoms with E-state index in [9.17, 15) is 4.79 Å². The number of hydrogen-bond acceptors (Lipinski definition) is 2. The Kier molecular flexibility index (Phi) is 9.89. The highest BCUT2D eigenvalue weighted by Crippen LogP contribution is 2.44. The summed E-state index contributed by atoms with van der Waals surface area (Å²) in [5, 5.41) is 0. The molecule has 0 radical (unpaired) electrons. The summed E-state index contributed by atoms with van der Waals surface area (Å²) in [5.74, 6) is 3.24. The Labute approximate surface area is 243 Å². The van der Waals surface area contributed by atoms with E-state index in [1.807, 2.05) is 0 Å². The van der Waals surface area contributed by atoms with Gasteiger partial charge >= 0.3 is 0 Å². The first kappa shape index (κ1) is 28.8. The number of allylic oxidation sites excluding steroid dienone is 4. The number of rotatable bonds is 9. The van der Waals surface area contributed by atoms with E-state index in [0.717, 1.165) is 12.8 Å². The molecule has 2 aliphatic carbocycles. The fraction of sp³-hybridized carbons (Fsp3) is 0.526. The standard InChI is InChI=1S/C38H49NO/c1-4-12-37-35(5-2)27(3)21-22-39-38(37)33-19-11-18-31(25-33)30-17-10-13-28(23-30)24-34(40)26-32-16-8-9-20-36(32)29-14-6-7-15-29/h4,8-10,12-13,16-17,20,22-23,27,29,31,33,35H,5-7,11,14-15,18-19,21,24-26H2,1-3H3/b12-4-/t27?,31-,33?,35?/m1/s1. The monoisotopic (exact) mass is 535 g/mol. The maximum atomic E-state index is 13.3. The minimum absolute atomic E-state index is 0.331. The van der Waals surface area contributed by atoms with Gasteiger partial charge in [0.25, 0.3) is 0 Å². The summed E-state index contributed by atoms with van der Waals surface area (Å²) in [6.07, 6.45) is 20.1. The molecule has 2 fully saturated rings. The molecule has 0 saturated heterocycles. The molecule has 0 aromatic heterocycles. The zero-order valence-electron chi connectivity index (χ0n) is 25.1. The fourth-order valence-corrected chi connectivity index (χ4v) is 7.94. The molecule has 3 aliphatic rings. The average Bonchev–Trinajstić information content (AvgIpc) is 3.45. The number of benzene rings is 2. The van der Waals surface area contributed by atoms with Gasteiger partial charge in [-0.2, -0.15) is 0 Å². The summed E-state index contributed by atoms with van der Waals surface area (Å²) in [5.41, 5.74) is 8.08. The van der Waals surface area contributed by atoms with E-state index in [1.165, 1.54) is 84.9 Å². The molecule has 0 bridgehead atoms. The number of nitrogens with zero attached hydrogens (tertiary/aromatic N) is 1. The van der Waals surface area contributed by atoms with E-state index < -0.39 is 0 Å². The molecular weight excluding hydrogens is 486 g/mol. The summed E-state index contributed by atoms with van der Waals surface area (Å²) >= 11 is 0. The molecule has 0 N–H and O–H groups in total. The lowest BCUT2D eigenvalue weighted by molar-refractivity contribution is -0.117. The molecule has 2 aromatic carbocycles. The first-order valence-electron chi connectivity index (χ1n) is 16.1. The Hall–Kier alpha value is -2.74. The molecule has 0 amide bonds. The average molecular weight is 536 g/mol. The van der Waals surface area contributed by atoms with Gasteiger partial charge in [-0.25, -0.2) is 0 Å². The second-order valence-corrected chi connectivity index (χ2v) is 12.8. The summed E-state index contributed by atoms with van der Waals surface area (Å²) in [6.45, 7) is 6.86. The minimum Gasteiger partial charge on any atom is -0.299 e. The highest BCUT2D eigenvalue weighted by molar-refractivity contribution is 5.83. The van der Waals surface area contributed by atoms with Gasteiger partial charge in [-0.1, -0.05) is 93.8 Å². The fourth-order valence-electron chi connectivity index (χ4n) is 7.94. The molecule has 2 aromatic rings. The predicted octanol–water partition coefficient (Wildman–Crippen LogP) is 9.94. The normalized spacial score (nSPS) is 26.0. The molecule has 2 heteroatoms. The van der Waals surface area contributed by atoms with Crippen LogP contribution in [0.5, 0.6) is 0 Å². The Morgan fingerprint density at radius 1 is 0.925 bits per heavy atom. The van der Waals surface area contributed by atoms with E-state index >= 15 is 0 Å². The van der Waals surface area contributed by atoms with Gasteiger partial charge in [0.15, 0.2) is 0 Å². The van der Waals surface area contributed by atoms with Crippen molar-refractivity contribution < 1.29 is 4.79 Å². The van der Waals surface area contributed by atoms with E-state index in [-0.39, 0.29) is 0 Å². The molecule has 4 atom stereocenters. The van der Waals surface area contributed by atoms with Crippen LogP contribution in [0, 0.1) is 17.8 Å². The van der Waals surface area contributed by atoms with Crippen LogP contribution in [0.4, 0.5) is 0 Å². The van der Waals surface area contributed by atoms with Crippen LogP contribution >= 0.6 is 0 Å². The number of hydrogen-bond donors (Lipinski definition) is 0. The van der Waals surface area contributed by atoms with Crippen molar-refractivity contribution in [3.8, 4) is 0 Å². The lowest BCUT2D eigenvalue weighted by atomic mass is 9.74. The molecule has 2 nitrogen and oxygen atoms in total. The summed E-state index contributed by atoms with van der Waals surface area (Å²) in [6, 6.07) is 17.6. The van der Waals surface area contributed by atoms with Crippen molar-refractivity contribution in [2.24, 2.45) is 22.7 Å². The second-order valence-electron chi connectivity index (χ2n) is 12.8. The Morgan fingerprint density at radius 3 is 2.50 bits per heavy atom. The number of carbonyl (C=O) groups is 1. The molecule has 1 heterocycles. The van der Waals surface area contributed by atoms with Gasteiger partial charge in [0.1, 0.15) is 5.78 Å². The lowest BCUT2D eigenvalue weighted by Gasteiger charge is -2.32.